The molecule has 0 N–H and O–H groups in total. The average Bonchev–Trinajstić information content (AvgIpc) is 3.11. The van der Waals surface area contributed by atoms with Crippen molar-refractivity contribution in [3.05, 3.63) is 58.7 Å². The molecule has 0 amide bonds. The van der Waals surface area contributed by atoms with Gasteiger partial charge in [-0.1, -0.05) is 29.5 Å². The van der Waals surface area contributed by atoms with E-state index < -0.39 is 6.61 Å². The van der Waals surface area contributed by atoms with Gasteiger partial charge in [0, 0.05) is 0 Å². The fourth-order valence-corrected chi connectivity index (χ4v) is 3.33. The molecule has 2 aromatic carbocycles. The lowest BCUT2D eigenvalue weighted by atomic mass is 10.1. The van der Waals surface area contributed by atoms with E-state index in [1.807, 2.05) is 32.0 Å². The number of hydrogen-bond acceptors (Lipinski definition) is 6. The molecule has 6 nitrogen and oxygen atoms in total. The van der Waals surface area contributed by atoms with Crippen LogP contribution in [0.3, 0.4) is 0 Å². The normalized spacial score (nSPS) is 11.1. The third-order valence-electron chi connectivity index (χ3n) is 4.16. The predicted octanol–water partition coefficient (Wildman–Crippen LogP) is 4.16. The molecule has 0 radical (unpaired) electrons. The largest absolute Gasteiger partial charge is 0.434 e. The lowest BCUT2D eigenvalue weighted by Gasteiger charge is -2.11. The Balaban J connectivity index is 1.79. The third-order valence-corrected chi connectivity index (χ3v) is 5.08. The number of carbonyl (C=O) groups is 1. The minimum atomic E-state index is -3.00. The van der Waals surface area contributed by atoms with Crippen LogP contribution in [0.15, 0.2) is 41.6 Å². The number of hydrogen-bond donors (Lipinski definition) is 0. The number of thioether (sulfide) groups is 1. The number of aromatic nitrogens is 4. The fraction of sp³-hybridized carbons (Fsp3) is 0.263. The fourth-order valence-electron chi connectivity index (χ4n) is 2.56. The Bertz CT molecular complexity index is 1010. The van der Waals surface area contributed by atoms with Crippen LogP contribution in [0.5, 0.6) is 5.75 Å². The zero-order valence-corrected chi connectivity index (χ0v) is 16.3. The highest BCUT2D eigenvalue weighted by atomic mass is 32.2. The predicted molar refractivity (Wildman–Crippen MR) is 101 cm³/mol. The Morgan fingerprint density at radius 2 is 1.93 bits per heavy atom. The minimum absolute atomic E-state index is 0.0196. The second-order valence-corrected chi connectivity index (χ2v) is 7.17. The van der Waals surface area contributed by atoms with Gasteiger partial charge in [0.1, 0.15) is 5.75 Å². The van der Waals surface area contributed by atoms with Crippen molar-refractivity contribution in [2.45, 2.75) is 32.5 Å². The molecule has 28 heavy (non-hydrogen) atoms. The summed E-state index contributed by atoms with van der Waals surface area (Å²) in [6.07, 6.45) is 0. The van der Waals surface area contributed by atoms with E-state index in [1.54, 1.807) is 13.0 Å². The van der Waals surface area contributed by atoms with Crippen LogP contribution >= 0.6 is 11.8 Å². The van der Waals surface area contributed by atoms with Gasteiger partial charge in [-0.25, -0.2) is 0 Å². The molecule has 3 rings (SSSR count). The summed E-state index contributed by atoms with van der Waals surface area (Å²) in [6, 6.07) is 10.3. The van der Waals surface area contributed by atoms with E-state index in [0.29, 0.717) is 5.16 Å². The Morgan fingerprint density at radius 1 is 1.14 bits per heavy atom. The van der Waals surface area contributed by atoms with Crippen LogP contribution in [0.1, 0.15) is 27.0 Å². The van der Waals surface area contributed by atoms with Crippen molar-refractivity contribution in [2.75, 3.05) is 5.75 Å². The smallest absolute Gasteiger partial charge is 0.387 e. The number of alkyl halides is 2. The first-order valence-electron chi connectivity index (χ1n) is 8.42. The second kappa shape index (κ2) is 8.47. The molecular formula is C19H18F2N4O2S. The molecule has 0 fully saturated rings. The molecule has 0 spiro atoms. The van der Waals surface area contributed by atoms with Crippen molar-refractivity contribution in [3.63, 3.8) is 0 Å². The summed E-state index contributed by atoms with van der Waals surface area (Å²) < 4.78 is 31.2. The molecule has 0 atom stereocenters. The summed E-state index contributed by atoms with van der Waals surface area (Å²) in [4.78, 5) is 12.6. The third kappa shape index (κ3) is 4.53. The molecule has 0 aliphatic rings. The summed E-state index contributed by atoms with van der Waals surface area (Å²) >= 11 is 1.13. The molecule has 0 unspecified atom stereocenters. The Hall–Kier alpha value is -2.81. The number of Topliss-reactive ketones (excluding diaryl/α,β-unsaturated/α-hetero) is 1. The minimum Gasteiger partial charge on any atom is -0.434 e. The van der Waals surface area contributed by atoms with Crippen molar-refractivity contribution in [3.8, 4) is 11.4 Å². The summed E-state index contributed by atoms with van der Waals surface area (Å²) in [7, 11) is 0. The van der Waals surface area contributed by atoms with Crippen molar-refractivity contribution >= 4 is 17.5 Å². The van der Waals surface area contributed by atoms with Crippen LogP contribution in [-0.4, -0.2) is 38.4 Å². The zero-order chi connectivity index (χ0) is 20.3. The Labute approximate surface area is 164 Å². The average molecular weight is 404 g/mol. The van der Waals surface area contributed by atoms with Crippen LogP contribution in [-0.2, 0) is 0 Å². The van der Waals surface area contributed by atoms with Crippen LogP contribution in [0.2, 0.25) is 0 Å². The first-order valence-corrected chi connectivity index (χ1v) is 9.41. The van der Waals surface area contributed by atoms with Gasteiger partial charge < -0.3 is 4.74 Å². The van der Waals surface area contributed by atoms with Crippen molar-refractivity contribution in [2.24, 2.45) is 0 Å². The van der Waals surface area contributed by atoms with E-state index in [-0.39, 0.29) is 22.8 Å². The lowest BCUT2D eigenvalue weighted by molar-refractivity contribution is -0.0501. The van der Waals surface area contributed by atoms with Gasteiger partial charge in [0.15, 0.2) is 5.78 Å². The van der Waals surface area contributed by atoms with E-state index in [0.717, 1.165) is 34.1 Å². The van der Waals surface area contributed by atoms with Crippen LogP contribution < -0.4 is 4.74 Å². The van der Waals surface area contributed by atoms with E-state index in [2.05, 4.69) is 20.3 Å². The first-order chi connectivity index (χ1) is 13.3. The van der Waals surface area contributed by atoms with Gasteiger partial charge in [0.25, 0.3) is 0 Å². The molecule has 1 aromatic heterocycles. The first kappa shape index (κ1) is 19.9. The maximum absolute atomic E-state index is 12.6. The topological polar surface area (TPSA) is 69.9 Å². The summed E-state index contributed by atoms with van der Waals surface area (Å²) in [5.74, 6) is -0.507. The number of aryl methyl sites for hydroxylation is 3. The molecule has 0 saturated carbocycles. The van der Waals surface area contributed by atoms with Crippen molar-refractivity contribution in [1.29, 1.82) is 0 Å². The highest BCUT2D eigenvalue weighted by molar-refractivity contribution is 7.99. The monoisotopic (exact) mass is 404 g/mol. The summed E-state index contributed by atoms with van der Waals surface area (Å²) in [5.41, 5.74) is 3.90. The molecule has 3 aromatic rings. The summed E-state index contributed by atoms with van der Waals surface area (Å²) in [6.45, 7) is 2.77. The van der Waals surface area contributed by atoms with Gasteiger partial charge in [0.05, 0.1) is 17.0 Å². The molecule has 0 saturated heterocycles. The molecule has 0 bridgehead atoms. The van der Waals surface area contributed by atoms with Crippen LogP contribution in [0.25, 0.3) is 5.69 Å². The molecule has 0 aliphatic heterocycles. The number of ketones is 1. The SMILES string of the molecule is Cc1ccc(OC(F)F)c(C(=O)CSc2nnnn2-c2ccc(C)c(C)c2)c1. The van der Waals surface area contributed by atoms with E-state index in [9.17, 15) is 13.6 Å². The van der Waals surface area contributed by atoms with Crippen molar-refractivity contribution in [1.82, 2.24) is 20.2 Å². The molecular weight excluding hydrogens is 386 g/mol. The number of tetrazole rings is 1. The lowest BCUT2D eigenvalue weighted by Crippen LogP contribution is -2.10. The highest BCUT2D eigenvalue weighted by Gasteiger charge is 2.18. The number of halogens is 2. The molecule has 0 aliphatic carbocycles. The van der Waals surface area contributed by atoms with Gasteiger partial charge in [-0.3, -0.25) is 4.79 Å². The van der Waals surface area contributed by atoms with Gasteiger partial charge in [-0.2, -0.15) is 13.5 Å². The Kier molecular flexibility index (Phi) is 6.03. The summed E-state index contributed by atoms with van der Waals surface area (Å²) in [5, 5.41) is 12.0. The van der Waals surface area contributed by atoms with Crippen LogP contribution in [0, 0.1) is 20.8 Å². The maximum Gasteiger partial charge on any atom is 0.387 e. The number of nitrogens with zero attached hydrogens (tertiary/aromatic N) is 4. The van der Waals surface area contributed by atoms with E-state index >= 15 is 0 Å². The quantitative estimate of drug-likeness (QED) is 0.435. The van der Waals surface area contributed by atoms with Gasteiger partial charge in [0.2, 0.25) is 5.16 Å². The number of benzene rings is 2. The highest BCUT2D eigenvalue weighted by Crippen LogP contribution is 2.26. The van der Waals surface area contributed by atoms with Gasteiger partial charge in [-0.05, 0) is 66.6 Å². The van der Waals surface area contributed by atoms with Gasteiger partial charge in [-0.15, -0.1) is 5.10 Å². The van der Waals surface area contributed by atoms with Gasteiger partial charge >= 0.3 is 6.61 Å². The number of carbonyl (C=O) groups excluding carboxylic acids is 1. The number of ether oxygens (including phenoxy) is 1. The molecule has 1 heterocycles. The molecule has 9 heteroatoms. The standard InChI is InChI=1S/C19H18F2N4O2S/c1-11-4-7-17(27-18(20)21)15(8-11)16(26)10-28-19-22-23-24-25(19)14-6-5-12(2)13(3)9-14/h4-9,18H,10H2,1-3H3. The second-order valence-electron chi connectivity index (χ2n) is 6.23. The molecule has 146 valence electrons. The Morgan fingerprint density at radius 3 is 2.64 bits per heavy atom. The number of rotatable bonds is 7. The van der Waals surface area contributed by atoms with E-state index in [1.165, 1.54) is 16.8 Å². The van der Waals surface area contributed by atoms with Crippen molar-refractivity contribution < 1.29 is 18.3 Å². The zero-order valence-electron chi connectivity index (χ0n) is 15.5. The maximum atomic E-state index is 12.6. The van der Waals surface area contributed by atoms with E-state index in [4.69, 9.17) is 0 Å². The van der Waals surface area contributed by atoms with Crippen LogP contribution in [0.4, 0.5) is 8.78 Å².